The van der Waals surface area contributed by atoms with Gasteiger partial charge in [-0.25, -0.2) is 0 Å². The van der Waals surface area contributed by atoms with Crippen LogP contribution in [0.4, 0.5) is 0 Å². The van der Waals surface area contributed by atoms with Crippen LogP contribution in [0.25, 0.3) is 0 Å². The molecule has 0 aromatic carbocycles. The minimum atomic E-state index is -2.61. The zero-order valence-corrected chi connectivity index (χ0v) is 4.82. The molecule has 2 N–H and O–H groups in total. The van der Waals surface area contributed by atoms with Gasteiger partial charge in [-0.05, 0) is 0 Å². The summed E-state index contributed by atoms with van der Waals surface area (Å²) in [5.41, 5.74) is 0. The van der Waals surface area contributed by atoms with Gasteiger partial charge in [-0.2, -0.15) is 9.47 Å². The summed E-state index contributed by atoms with van der Waals surface area (Å²) >= 11 is 0.483. The van der Waals surface area contributed by atoms with E-state index in [2.05, 4.69) is 12.6 Å². The van der Waals surface area contributed by atoms with Gasteiger partial charge in [0.25, 0.3) is 11.4 Å². The summed E-state index contributed by atoms with van der Waals surface area (Å²) in [5.74, 6) is 0. The number of hydrogen-bond donors (Lipinski definition) is 3. The third-order valence-corrected chi connectivity index (χ3v) is 0. The quantitative estimate of drug-likeness (QED) is 0.253. The summed E-state index contributed by atoms with van der Waals surface area (Å²) in [6, 6.07) is 0. The Morgan fingerprint density at radius 2 is 1.71 bits per heavy atom. The van der Waals surface area contributed by atoms with Crippen LogP contribution in [0.5, 0.6) is 0 Å². The van der Waals surface area contributed by atoms with Crippen LogP contribution < -0.4 is 0 Å². The van der Waals surface area contributed by atoms with Crippen LogP contribution in [0.2, 0.25) is 0 Å². The van der Waals surface area contributed by atoms with Gasteiger partial charge >= 0.3 is 0 Å². The van der Waals surface area contributed by atoms with E-state index >= 15 is 0 Å². The number of thiol groups is 1. The van der Waals surface area contributed by atoms with Gasteiger partial charge in [0.15, 0.2) is 0 Å². The maximum atomic E-state index is 8.67. The van der Waals surface area contributed by atoms with Crippen molar-refractivity contribution in [2.45, 2.75) is 0 Å². The van der Waals surface area contributed by atoms with Crippen LogP contribution in [-0.4, -0.2) is 13.3 Å². The molecular weight excluding hydrogens is 138 g/mol. The lowest BCUT2D eigenvalue weighted by molar-refractivity contribution is 0.454. The topological polar surface area (TPSA) is 81.3 Å². The molecule has 0 radical (unpaired) electrons. The second-order valence-corrected chi connectivity index (χ2v) is 0.992. The van der Waals surface area contributed by atoms with Gasteiger partial charge in [-0.3, -0.25) is 9.11 Å². The van der Waals surface area contributed by atoms with Crippen LogP contribution >= 0.6 is 12.6 Å². The van der Waals surface area contributed by atoms with E-state index in [0.717, 1.165) is 0 Å². The molecular formula is CH3NO3S2. The molecule has 0 saturated carbocycles. The summed E-state index contributed by atoms with van der Waals surface area (Å²) in [4.78, 5) is 0. The molecule has 0 aromatic heterocycles. The van der Waals surface area contributed by atoms with Gasteiger partial charge in [-0.1, -0.05) is 12.6 Å². The van der Waals surface area contributed by atoms with E-state index in [9.17, 15) is 0 Å². The van der Waals surface area contributed by atoms with Crippen molar-refractivity contribution in [2.24, 2.45) is 0 Å². The molecule has 0 aliphatic rings. The average molecular weight is 141 g/mol. The molecule has 0 bridgehead atoms. The predicted molar refractivity (Wildman–Crippen MR) is 28.0 cm³/mol. The molecule has 42 valence electrons. The summed E-state index contributed by atoms with van der Waals surface area (Å²) in [6.45, 7) is 0. The SMILES string of the molecule is N#CS.O=S(O)O. The van der Waals surface area contributed by atoms with Crippen molar-refractivity contribution < 1.29 is 13.3 Å². The fourth-order valence-corrected chi connectivity index (χ4v) is 0. The van der Waals surface area contributed by atoms with E-state index in [1.54, 1.807) is 0 Å². The zero-order valence-electron chi connectivity index (χ0n) is 3.11. The standard InChI is InChI=1S/CHNS.H2O3S/c2-1-3;1-4(2)3/h3H;(H2,1,2,3). The Balaban J connectivity index is 0. The molecule has 0 heterocycles. The second-order valence-electron chi connectivity index (χ2n) is 0.331. The van der Waals surface area contributed by atoms with Crippen molar-refractivity contribution in [3.8, 4) is 5.40 Å². The van der Waals surface area contributed by atoms with Crippen molar-refractivity contribution in [1.82, 2.24) is 0 Å². The Kier molecular flexibility index (Phi) is 13.3. The van der Waals surface area contributed by atoms with Crippen LogP contribution in [0.1, 0.15) is 0 Å². The molecule has 0 atom stereocenters. The zero-order chi connectivity index (χ0) is 6.28. The van der Waals surface area contributed by atoms with Crippen LogP contribution in [0.15, 0.2) is 0 Å². The van der Waals surface area contributed by atoms with Crippen LogP contribution in [0, 0.1) is 10.7 Å². The molecule has 0 aromatic rings. The number of rotatable bonds is 0. The monoisotopic (exact) mass is 141 g/mol. The summed E-state index contributed by atoms with van der Waals surface area (Å²) < 4.78 is 22.8. The maximum Gasteiger partial charge on any atom is 0.299 e. The van der Waals surface area contributed by atoms with Crippen molar-refractivity contribution in [3.05, 3.63) is 0 Å². The van der Waals surface area contributed by atoms with E-state index in [1.807, 2.05) is 0 Å². The van der Waals surface area contributed by atoms with Gasteiger partial charge in [0, 0.05) is 0 Å². The normalized spacial score (nSPS) is 6.14. The first kappa shape index (κ1) is 10.0. The summed E-state index contributed by atoms with van der Waals surface area (Å²) in [5, 5.41) is 8.63. The first-order valence-corrected chi connectivity index (χ1v) is 2.49. The van der Waals surface area contributed by atoms with Gasteiger partial charge in [0.1, 0.15) is 5.40 Å². The first-order valence-electron chi connectivity index (χ1n) is 0.979. The summed E-state index contributed by atoms with van der Waals surface area (Å²) in [6.07, 6.45) is 0. The third kappa shape index (κ3) is 11200. The van der Waals surface area contributed by atoms with E-state index in [1.165, 1.54) is 5.40 Å². The Labute approximate surface area is 48.7 Å². The Morgan fingerprint density at radius 3 is 1.71 bits per heavy atom. The minimum absolute atomic E-state index is 1.44. The highest BCUT2D eigenvalue weighted by molar-refractivity contribution is 7.85. The molecule has 6 heteroatoms. The van der Waals surface area contributed by atoms with Crippen molar-refractivity contribution in [3.63, 3.8) is 0 Å². The average Bonchev–Trinajstić information content (AvgIpc) is 1.33. The second kappa shape index (κ2) is 9.32. The van der Waals surface area contributed by atoms with Crippen LogP contribution in [0.3, 0.4) is 0 Å². The predicted octanol–water partition coefficient (Wildman–Crippen LogP) is 0.0784. The van der Waals surface area contributed by atoms with Gasteiger partial charge in [0.2, 0.25) is 0 Å². The highest BCUT2D eigenvalue weighted by atomic mass is 32.2. The number of thiocyanates is 1. The van der Waals surface area contributed by atoms with Crippen molar-refractivity contribution in [1.29, 1.82) is 5.26 Å². The van der Waals surface area contributed by atoms with Gasteiger partial charge < -0.3 is 0 Å². The smallest absolute Gasteiger partial charge is 0.284 e. The molecule has 0 saturated heterocycles. The lowest BCUT2D eigenvalue weighted by atomic mass is 11.8. The Morgan fingerprint density at radius 1 is 1.71 bits per heavy atom. The molecule has 0 rings (SSSR count). The minimum Gasteiger partial charge on any atom is -0.284 e. The van der Waals surface area contributed by atoms with Crippen molar-refractivity contribution >= 4 is 24.0 Å². The molecule has 0 fully saturated rings. The number of nitrogens with zero attached hydrogens (tertiary/aromatic N) is 1. The molecule has 4 nitrogen and oxygen atoms in total. The third-order valence-electron chi connectivity index (χ3n) is 0. The first-order chi connectivity index (χ1) is 3.15. The largest absolute Gasteiger partial charge is 0.299 e. The van der Waals surface area contributed by atoms with Crippen molar-refractivity contribution in [2.75, 3.05) is 0 Å². The molecule has 7 heavy (non-hydrogen) atoms. The van der Waals surface area contributed by atoms with E-state index in [4.69, 9.17) is 18.6 Å². The molecule has 0 aliphatic carbocycles. The number of nitriles is 1. The highest BCUT2D eigenvalue weighted by Gasteiger charge is 1.62. The summed E-state index contributed by atoms with van der Waals surface area (Å²) in [7, 11) is 0. The molecule has 0 aliphatic heterocycles. The van der Waals surface area contributed by atoms with E-state index < -0.39 is 11.4 Å². The lowest BCUT2D eigenvalue weighted by Crippen LogP contribution is -1.74. The molecule has 0 amide bonds. The van der Waals surface area contributed by atoms with E-state index in [-0.39, 0.29) is 0 Å². The molecule has 0 spiro atoms. The maximum absolute atomic E-state index is 8.67. The fraction of sp³-hybridized carbons (Fsp3) is 0. The van der Waals surface area contributed by atoms with Gasteiger partial charge in [-0.15, -0.1) is 0 Å². The van der Waals surface area contributed by atoms with Gasteiger partial charge in [0.05, 0.1) is 0 Å². The highest BCUT2D eigenvalue weighted by Crippen LogP contribution is 1.46. The number of hydrogen-bond acceptors (Lipinski definition) is 3. The molecule has 0 unspecified atom stereocenters. The Bertz CT molecular complexity index is 81.4. The lowest BCUT2D eigenvalue weighted by Gasteiger charge is -1.59. The van der Waals surface area contributed by atoms with Crippen LogP contribution in [-0.2, 0) is 11.4 Å². The Hall–Kier alpha value is -0.0900. The van der Waals surface area contributed by atoms with E-state index in [0.29, 0.717) is 0 Å². The fourth-order valence-electron chi connectivity index (χ4n) is 0.